The first-order valence-electron chi connectivity index (χ1n) is 15.7. The molecular weight excluding hydrogens is 536 g/mol. The number of ketones is 1. The van der Waals surface area contributed by atoms with Gasteiger partial charge in [-0.3, -0.25) is 4.79 Å². The van der Waals surface area contributed by atoms with Crippen molar-refractivity contribution >= 4 is 28.8 Å². The number of hydrogen-bond donors (Lipinski definition) is 1. The minimum atomic E-state index is -0.970. The van der Waals surface area contributed by atoms with Gasteiger partial charge in [-0.25, -0.2) is 4.79 Å². The maximum absolute atomic E-state index is 13.6. The van der Waals surface area contributed by atoms with Crippen molar-refractivity contribution in [1.29, 1.82) is 0 Å². The number of carbonyl (C=O) groups excluding carboxylic acids is 1. The van der Waals surface area contributed by atoms with Gasteiger partial charge in [0.25, 0.3) is 0 Å². The third kappa shape index (κ3) is 5.15. The first kappa shape index (κ1) is 30.5. The maximum atomic E-state index is 13.6. The molecule has 226 valence electrons. The molecule has 0 bridgehead atoms. The largest absolute Gasteiger partial charge is 0.871 e. The van der Waals surface area contributed by atoms with E-state index in [0.717, 1.165) is 54.3 Å². The van der Waals surface area contributed by atoms with E-state index in [4.69, 9.17) is 0 Å². The number of carboxylic acids is 1. The van der Waals surface area contributed by atoms with Crippen LogP contribution in [0, 0.1) is 0 Å². The molecule has 6 heteroatoms. The van der Waals surface area contributed by atoms with Crippen LogP contribution in [0.25, 0.3) is 0 Å². The molecule has 1 N–H and O–H groups in total. The van der Waals surface area contributed by atoms with Crippen molar-refractivity contribution in [3.63, 3.8) is 0 Å². The number of fused-ring (bicyclic) bond motifs is 2. The summed E-state index contributed by atoms with van der Waals surface area (Å²) >= 11 is 0. The summed E-state index contributed by atoms with van der Waals surface area (Å²) in [5, 5.41) is 23.3. The van der Waals surface area contributed by atoms with E-state index in [9.17, 15) is 19.8 Å². The Hall–Kier alpha value is -3.93. The van der Waals surface area contributed by atoms with Crippen LogP contribution in [0.3, 0.4) is 0 Å². The smallest absolute Gasteiger partial charge is 0.335 e. The molecule has 0 amide bonds. The fourth-order valence-corrected chi connectivity index (χ4v) is 6.97. The Morgan fingerprint density at radius 3 is 2.30 bits per heavy atom. The second kappa shape index (κ2) is 11.6. The van der Waals surface area contributed by atoms with Crippen molar-refractivity contribution in [3.8, 4) is 0 Å². The van der Waals surface area contributed by atoms with Gasteiger partial charge < -0.3 is 15.1 Å². The van der Waals surface area contributed by atoms with E-state index in [-0.39, 0.29) is 33.7 Å². The molecule has 0 saturated carbocycles. The zero-order chi connectivity index (χ0) is 31.1. The lowest BCUT2D eigenvalue weighted by Gasteiger charge is -2.32. The maximum Gasteiger partial charge on any atom is 0.335 e. The highest BCUT2D eigenvalue weighted by Crippen LogP contribution is 2.49. The molecule has 2 aliphatic heterocycles. The molecule has 0 radical (unpaired) electrons. The minimum Gasteiger partial charge on any atom is -0.871 e. The number of para-hydroxylation sites is 1. The van der Waals surface area contributed by atoms with E-state index < -0.39 is 11.4 Å². The van der Waals surface area contributed by atoms with Crippen LogP contribution < -0.4 is 10.0 Å². The summed E-state index contributed by atoms with van der Waals surface area (Å²) in [5.41, 5.74) is 5.73. The van der Waals surface area contributed by atoms with Crippen molar-refractivity contribution in [2.24, 2.45) is 0 Å². The number of likely N-dealkylation sites (N-methyl/N-ethyl adjacent to an activating group) is 1. The van der Waals surface area contributed by atoms with Crippen LogP contribution in [0.4, 0.5) is 11.4 Å². The number of rotatable bonds is 11. The van der Waals surface area contributed by atoms with Crippen molar-refractivity contribution in [2.45, 2.75) is 90.9 Å². The SMILES string of the molecule is CCCCCCCC[N+]1=C(C=C2C(=O)C(C=C3N(CC)c4ccccc4C3(C)C)=C2[O-])C(C)(C)c2cc(C(=O)O)ccc21. The Labute approximate surface area is 255 Å². The third-order valence-electron chi connectivity index (χ3n) is 9.53. The van der Waals surface area contributed by atoms with Crippen molar-refractivity contribution in [3.05, 3.63) is 93.9 Å². The zero-order valence-electron chi connectivity index (χ0n) is 26.4. The summed E-state index contributed by atoms with van der Waals surface area (Å²) in [6.07, 6.45) is 10.5. The third-order valence-corrected chi connectivity index (χ3v) is 9.53. The van der Waals surface area contributed by atoms with Crippen LogP contribution in [0.1, 0.15) is 102 Å². The number of unbranched alkanes of at least 4 members (excludes halogenated alkanes) is 5. The Morgan fingerprint density at radius 1 is 0.930 bits per heavy atom. The molecular formula is C37H44N2O4. The lowest BCUT2D eigenvalue weighted by molar-refractivity contribution is -0.438. The highest BCUT2D eigenvalue weighted by atomic mass is 16.4. The van der Waals surface area contributed by atoms with Gasteiger partial charge in [0.05, 0.1) is 11.0 Å². The summed E-state index contributed by atoms with van der Waals surface area (Å²) in [4.78, 5) is 27.6. The average Bonchev–Trinajstić information content (AvgIpc) is 3.33. The number of Topliss-reactive ketones (excluding diaryl/α,β-unsaturated/α-hetero) is 1. The summed E-state index contributed by atoms with van der Waals surface area (Å²) in [6, 6.07) is 13.5. The van der Waals surface area contributed by atoms with Gasteiger partial charge in [0.1, 0.15) is 6.54 Å². The van der Waals surface area contributed by atoms with Crippen molar-refractivity contribution in [1.82, 2.24) is 0 Å². The number of aromatic carboxylic acids is 1. The second-order valence-corrected chi connectivity index (χ2v) is 13.0. The molecule has 2 aromatic rings. The number of allylic oxidation sites excluding steroid dienone is 5. The number of carboxylic acid groups (broad SMARTS) is 1. The van der Waals surface area contributed by atoms with E-state index in [1.807, 2.05) is 32.0 Å². The fraction of sp³-hybridized carbons (Fsp3) is 0.432. The molecule has 0 fully saturated rings. The minimum absolute atomic E-state index is 0.200. The first-order valence-corrected chi connectivity index (χ1v) is 15.7. The molecule has 0 aromatic heterocycles. The van der Waals surface area contributed by atoms with E-state index in [1.54, 1.807) is 24.3 Å². The van der Waals surface area contributed by atoms with Crippen molar-refractivity contribution in [2.75, 3.05) is 18.0 Å². The summed E-state index contributed by atoms with van der Waals surface area (Å²) < 4.78 is 2.19. The molecule has 6 nitrogen and oxygen atoms in total. The van der Waals surface area contributed by atoms with Gasteiger partial charge in [0, 0.05) is 58.6 Å². The van der Waals surface area contributed by atoms with Gasteiger partial charge in [-0.1, -0.05) is 70.4 Å². The lowest BCUT2D eigenvalue weighted by atomic mass is 9.77. The highest BCUT2D eigenvalue weighted by molar-refractivity contribution is 6.24. The van der Waals surface area contributed by atoms with Gasteiger partial charge in [-0.05, 0) is 57.0 Å². The Bertz CT molecular complexity index is 1600. The van der Waals surface area contributed by atoms with Crippen LogP contribution in [-0.2, 0) is 15.6 Å². The summed E-state index contributed by atoms with van der Waals surface area (Å²) in [7, 11) is 0. The lowest BCUT2D eigenvalue weighted by Crippen LogP contribution is -2.35. The molecule has 3 aliphatic rings. The zero-order valence-corrected chi connectivity index (χ0v) is 26.4. The molecule has 2 aromatic carbocycles. The highest BCUT2D eigenvalue weighted by Gasteiger charge is 2.46. The van der Waals surface area contributed by atoms with Gasteiger partial charge >= 0.3 is 5.97 Å². The van der Waals surface area contributed by atoms with Crippen LogP contribution in [0.2, 0.25) is 0 Å². The normalized spacial score (nSPS) is 20.2. The summed E-state index contributed by atoms with van der Waals surface area (Å²) in [5.74, 6) is -1.43. The van der Waals surface area contributed by atoms with Crippen molar-refractivity contribution < 1.29 is 24.4 Å². The van der Waals surface area contributed by atoms with E-state index in [2.05, 4.69) is 49.3 Å². The molecule has 0 unspecified atom stereocenters. The molecule has 2 heterocycles. The molecule has 0 saturated heterocycles. The molecule has 1 aliphatic carbocycles. The van der Waals surface area contributed by atoms with Crippen LogP contribution in [0.15, 0.2) is 77.2 Å². The Kier molecular flexibility index (Phi) is 8.26. The Morgan fingerprint density at radius 2 is 1.63 bits per heavy atom. The Balaban J connectivity index is 1.52. The van der Waals surface area contributed by atoms with E-state index >= 15 is 0 Å². The summed E-state index contributed by atoms with van der Waals surface area (Å²) in [6.45, 7) is 14.1. The van der Waals surface area contributed by atoms with E-state index in [1.165, 1.54) is 31.2 Å². The molecule has 0 spiro atoms. The number of hydrogen-bond acceptors (Lipinski definition) is 4. The average molecular weight is 581 g/mol. The van der Waals surface area contributed by atoms with Gasteiger partial charge in [0.15, 0.2) is 11.5 Å². The van der Waals surface area contributed by atoms with Crippen LogP contribution >= 0.6 is 0 Å². The molecule has 43 heavy (non-hydrogen) atoms. The quantitative estimate of drug-likeness (QED) is 0.177. The fourth-order valence-electron chi connectivity index (χ4n) is 6.97. The van der Waals surface area contributed by atoms with E-state index in [0.29, 0.717) is 0 Å². The first-order chi connectivity index (χ1) is 20.4. The number of anilines is 1. The predicted molar refractivity (Wildman–Crippen MR) is 170 cm³/mol. The van der Waals surface area contributed by atoms with Crippen LogP contribution in [0.5, 0.6) is 0 Å². The number of carbonyl (C=O) groups is 2. The molecule has 5 rings (SSSR count). The number of nitrogens with zero attached hydrogens (tertiary/aromatic N) is 2. The van der Waals surface area contributed by atoms with Crippen LogP contribution in [-0.4, -0.2) is 40.2 Å². The molecule has 0 atom stereocenters. The second-order valence-electron chi connectivity index (χ2n) is 13.0. The predicted octanol–water partition coefficient (Wildman–Crippen LogP) is 6.95. The van der Waals surface area contributed by atoms with Gasteiger partial charge in [-0.2, -0.15) is 4.58 Å². The topological polar surface area (TPSA) is 83.7 Å². The number of benzene rings is 2. The monoisotopic (exact) mass is 580 g/mol. The van der Waals surface area contributed by atoms with Gasteiger partial charge in [-0.15, -0.1) is 0 Å². The standard InChI is InChI=1S/C37H44N2O4/c1-7-9-10-11-12-15-20-39-30-19-18-24(35(42)43)21-28(30)37(5,6)32(39)23-26-33(40)25(34(26)41)22-31-36(3,4)27-16-13-14-17-29(27)38(31)8-2/h13-14,16-19,21-23H,7-12,15,20H2,1-6H3,(H-,40,41,42,43). The van der Waals surface area contributed by atoms with Gasteiger partial charge in [0.2, 0.25) is 5.69 Å².